The number of ether oxygens (including phenoxy) is 2. The number of aromatic nitrogens is 1. The first-order valence-corrected chi connectivity index (χ1v) is 7.52. The maximum atomic E-state index is 12.0. The van der Waals surface area contributed by atoms with Crippen LogP contribution in [0.5, 0.6) is 5.75 Å². The molecule has 3 aromatic rings. The number of fused-ring (bicyclic) bond motifs is 1. The number of methoxy groups -OCH3 is 1. The van der Waals surface area contributed by atoms with Gasteiger partial charge in [0.15, 0.2) is 5.58 Å². The lowest BCUT2D eigenvalue weighted by molar-refractivity contribution is -0.145. The van der Waals surface area contributed by atoms with E-state index in [0.29, 0.717) is 16.1 Å². The fourth-order valence-corrected chi connectivity index (χ4v) is 2.41. The van der Waals surface area contributed by atoms with Crippen molar-refractivity contribution in [2.75, 3.05) is 7.11 Å². The van der Waals surface area contributed by atoms with Gasteiger partial charge in [0.05, 0.1) is 12.6 Å². The Kier molecular flexibility index (Phi) is 4.57. The minimum atomic E-state index is -0.631. The van der Waals surface area contributed by atoms with E-state index in [2.05, 4.69) is 0 Å². The van der Waals surface area contributed by atoms with Gasteiger partial charge in [-0.1, -0.05) is 23.7 Å². The van der Waals surface area contributed by atoms with E-state index < -0.39 is 11.7 Å². The molecule has 7 heteroatoms. The van der Waals surface area contributed by atoms with E-state index >= 15 is 0 Å². The van der Waals surface area contributed by atoms with Gasteiger partial charge >= 0.3 is 11.7 Å². The van der Waals surface area contributed by atoms with Crippen molar-refractivity contribution in [3.8, 4) is 5.75 Å². The van der Waals surface area contributed by atoms with Gasteiger partial charge in [0, 0.05) is 11.1 Å². The highest BCUT2D eigenvalue weighted by molar-refractivity contribution is 6.31. The lowest BCUT2D eigenvalue weighted by Crippen LogP contribution is -2.21. The van der Waals surface area contributed by atoms with Crippen LogP contribution in [-0.4, -0.2) is 17.6 Å². The van der Waals surface area contributed by atoms with E-state index in [0.717, 1.165) is 11.3 Å². The summed E-state index contributed by atoms with van der Waals surface area (Å²) in [5, 5.41) is 0.450. The van der Waals surface area contributed by atoms with Gasteiger partial charge in [-0.05, 0) is 29.8 Å². The van der Waals surface area contributed by atoms with E-state index in [-0.39, 0.29) is 13.2 Å². The second-order valence-corrected chi connectivity index (χ2v) is 5.51. The second-order valence-electron chi connectivity index (χ2n) is 5.07. The van der Waals surface area contributed by atoms with Crippen LogP contribution in [0, 0.1) is 0 Å². The highest BCUT2D eigenvalue weighted by atomic mass is 35.5. The predicted molar refractivity (Wildman–Crippen MR) is 88.3 cm³/mol. The summed E-state index contributed by atoms with van der Waals surface area (Å²) in [6, 6.07) is 11.9. The summed E-state index contributed by atoms with van der Waals surface area (Å²) in [5.74, 6) is -0.445. The van der Waals surface area contributed by atoms with Crippen LogP contribution >= 0.6 is 11.6 Å². The molecule has 0 spiro atoms. The van der Waals surface area contributed by atoms with Gasteiger partial charge in [0.2, 0.25) is 0 Å². The number of rotatable bonds is 5. The van der Waals surface area contributed by atoms with E-state index in [4.69, 9.17) is 25.5 Å². The Hall–Kier alpha value is -2.73. The summed E-state index contributed by atoms with van der Waals surface area (Å²) in [5.41, 5.74) is 1.64. The van der Waals surface area contributed by atoms with Crippen LogP contribution in [0.1, 0.15) is 5.56 Å². The summed E-state index contributed by atoms with van der Waals surface area (Å²) in [7, 11) is 1.58. The smallest absolute Gasteiger partial charge is 0.420 e. The second kappa shape index (κ2) is 6.80. The van der Waals surface area contributed by atoms with Crippen molar-refractivity contribution in [3.63, 3.8) is 0 Å². The number of oxazole rings is 1. The summed E-state index contributed by atoms with van der Waals surface area (Å²) in [4.78, 5) is 23.9. The van der Waals surface area contributed by atoms with Crippen molar-refractivity contribution in [2.24, 2.45) is 0 Å². The van der Waals surface area contributed by atoms with Crippen LogP contribution in [0.15, 0.2) is 51.7 Å². The molecule has 1 aromatic heterocycles. The van der Waals surface area contributed by atoms with Crippen LogP contribution < -0.4 is 10.5 Å². The molecular formula is C17H14ClNO5. The Bertz CT molecular complexity index is 926. The van der Waals surface area contributed by atoms with Gasteiger partial charge in [-0.25, -0.2) is 4.79 Å². The van der Waals surface area contributed by atoms with Crippen LogP contribution in [0.2, 0.25) is 5.02 Å². The Morgan fingerprint density at radius 3 is 2.67 bits per heavy atom. The number of carbonyl (C=O) groups is 1. The molecular weight excluding hydrogens is 334 g/mol. The Labute approximate surface area is 142 Å². The molecule has 2 aromatic carbocycles. The SMILES string of the molecule is COc1ccc(COC(=O)Cn2c(=O)oc3cc(Cl)ccc32)cc1. The molecule has 1 heterocycles. The van der Waals surface area contributed by atoms with Gasteiger partial charge in [-0.15, -0.1) is 0 Å². The number of carbonyl (C=O) groups excluding carboxylic acids is 1. The molecule has 0 aliphatic carbocycles. The highest BCUT2D eigenvalue weighted by Crippen LogP contribution is 2.18. The van der Waals surface area contributed by atoms with Gasteiger partial charge in [0.25, 0.3) is 0 Å². The molecule has 0 atom stereocenters. The number of esters is 1. The number of hydrogen-bond acceptors (Lipinski definition) is 5. The van der Waals surface area contributed by atoms with Gasteiger partial charge in [-0.3, -0.25) is 9.36 Å². The fourth-order valence-electron chi connectivity index (χ4n) is 2.25. The van der Waals surface area contributed by atoms with Gasteiger partial charge in [-0.2, -0.15) is 0 Å². The Balaban J connectivity index is 1.68. The third-order valence-corrected chi connectivity index (χ3v) is 3.71. The zero-order valence-corrected chi connectivity index (χ0v) is 13.6. The van der Waals surface area contributed by atoms with Crippen molar-refractivity contribution in [1.82, 2.24) is 4.57 Å². The number of benzene rings is 2. The largest absolute Gasteiger partial charge is 0.497 e. The highest BCUT2D eigenvalue weighted by Gasteiger charge is 2.14. The number of nitrogens with zero attached hydrogens (tertiary/aromatic N) is 1. The first kappa shape index (κ1) is 16.1. The molecule has 0 fully saturated rings. The number of hydrogen-bond donors (Lipinski definition) is 0. The summed E-state index contributed by atoms with van der Waals surface area (Å²) in [6.07, 6.45) is 0. The summed E-state index contributed by atoms with van der Waals surface area (Å²) in [6.45, 7) is -0.122. The van der Waals surface area contributed by atoms with E-state index in [1.807, 2.05) is 0 Å². The Morgan fingerprint density at radius 1 is 1.21 bits per heavy atom. The lowest BCUT2D eigenvalue weighted by atomic mass is 10.2. The average molecular weight is 348 g/mol. The maximum absolute atomic E-state index is 12.0. The fraction of sp³-hybridized carbons (Fsp3) is 0.176. The monoisotopic (exact) mass is 347 g/mol. The quantitative estimate of drug-likeness (QED) is 0.663. The van der Waals surface area contributed by atoms with Crippen LogP contribution in [-0.2, 0) is 22.7 Å². The molecule has 124 valence electrons. The standard InChI is InChI=1S/C17H14ClNO5/c1-22-13-5-2-11(3-6-13)10-23-16(20)9-19-14-7-4-12(18)8-15(14)24-17(19)21/h2-8H,9-10H2,1H3. The van der Waals surface area contributed by atoms with Crippen LogP contribution in [0.3, 0.4) is 0 Å². The third kappa shape index (κ3) is 3.44. The normalized spacial score (nSPS) is 10.8. The van der Waals surface area contributed by atoms with Crippen molar-refractivity contribution < 1.29 is 18.7 Å². The molecule has 6 nitrogen and oxygen atoms in total. The van der Waals surface area contributed by atoms with Crippen molar-refractivity contribution in [3.05, 3.63) is 63.6 Å². The zero-order valence-electron chi connectivity index (χ0n) is 12.8. The minimum absolute atomic E-state index is 0.110. The molecule has 0 radical (unpaired) electrons. The minimum Gasteiger partial charge on any atom is -0.497 e. The molecule has 0 aliphatic rings. The van der Waals surface area contributed by atoms with E-state index in [1.165, 1.54) is 10.6 Å². The molecule has 24 heavy (non-hydrogen) atoms. The zero-order chi connectivity index (χ0) is 17.1. The van der Waals surface area contributed by atoms with Crippen LogP contribution in [0.4, 0.5) is 0 Å². The maximum Gasteiger partial charge on any atom is 0.420 e. The first-order valence-electron chi connectivity index (χ1n) is 7.14. The molecule has 0 saturated carbocycles. The summed E-state index contributed by atoms with van der Waals surface area (Å²) < 4.78 is 16.5. The first-order chi connectivity index (χ1) is 11.6. The molecule has 0 bridgehead atoms. The molecule has 3 rings (SSSR count). The topological polar surface area (TPSA) is 70.7 Å². The summed E-state index contributed by atoms with van der Waals surface area (Å²) >= 11 is 5.85. The van der Waals surface area contributed by atoms with Gasteiger partial charge in [0.1, 0.15) is 18.9 Å². The van der Waals surface area contributed by atoms with Crippen LogP contribution in [0.25, 0.3) is 11.1 Å². The Morgan fingerprint density at radius 2 is 1.96 bits per heavy atom. The molecule has 0 N–H and O–H groups in total. The van der Waals surface area contributed by atoms with Crippen molar-refractivity contribution >= 4 is 28.7 Å². The van der Waals surface area contributed by atoms with Crippen molar-refractivity contribution in [1.29, 1.82) is 0 Å². The van der Waals surface area contributed by atoms with E-state index in [9.17, 15) is 9.59 Å². The molecule has 0 amide bonds. The van der Waals surface area contributed by atoms with E-state index in [1.54, 1.807) is 43.5 Å². The number of halogens is 1. The predicted octanol–water partition coefficient (Wildman–Crippen LogP) is 3.00. The van der Waals surface area contributed by atoms with Crippen molar-refractivity contribution in [2.45, 2.75) is 13.2 Å². The molecule has 0 unspecified atom stereocenters. The molecule has 0 saturated heterocycles. The molecule has 0 aliphatic heterocycles. The third-order valence-electron chi connectivity index (χ3n) is 3.48. The average Bonchev–Trinajstić information content (AvgIpc) is 2.88. The lowest BCUT2D eigenvalue weighted by Gasteiger charge is -2.06. The van der Waals surface area contributed by atoms with Gasteiger partial charge < -0.3 is 13.9 Å².